The van der Waals surface area contributed by atoms with Gasteiger partial charge in [-0.15, -0.1) is 0 Å². The molecule has 2 nitrogen and oxygen atoms in total. The number of benzene rings is 1. The molecule has 0 bridgehead atoms. The van der Waals surface area contributed by atoms with Gasteiger partial charge in [-0.1, -0.05) is 38.3 Å². The average molecular weight is 351 g/mol. The van der Waals surface area contributed by atoms with Crippen molar-refractivity contribution in [1.82, 2.24) is 5.32 Å². The summed E-state index contributed by atoms with van der Waals surface area (Å²) in [4.78, 5) is 2.64. The van der Waals surface area contributed by atoms with Gasteiger partial charge in [-0.3, -0.25) is 0 Å². The molecule has 2 fully saturated rings. The zero-order valence-electron chi connectivity index (χ0n) is 13.0. The number of piperazine rings is 1. The number of nitrogens with zero attached hydrogens (tertiary/aromatic N) is 1. The van der Waals surface area contributed by atoms with Crippen LogP contribution in [0.1, 0.15) is 45.4 Å². The lowest BCUT2D eigenvalue weighted by molar-refractivity contribution is 0.240. The first kappa shape index (κ1) is 15.4. The van der Waals surface area contributed by atoms with E-state index < -0.39 is 0 Å². The molecule has 0 amide bonds. The van der Waals surface area contributed by atoms with Crippen molar-refractivity contribution in [1.29, 1.82) is 0 Å². The molecule has 1 N–H and O–H groups in total. The second kappa shape index (κ2) is 7.15. The van der Waals surface area contributed by atoms with Crippen LogP contribution >= 0.6 is 15.9 Å². The van der Waals surface area contributed by atoms with Gasteiger partial charge in [0.25, 0.3) is 0 Å². The smallest absolute Gasteiger partial charge is 0.0514 e. The molecule has 1 aliphatic carbocycles. The molecule has 3 heteroatoms. The number of hydrogen-bond donors (Lipinski definition) is 1. The van der Waals surface area contributed by atoms with E-state index in [1.165, 1.54) is 48.7 Å². The van der Waals surface area contributed by atoms with Gasteiger partial charge in [0.1, 0.15) is 0 Å². The Morgan fingerprint density at radius 3 is 2.67 bits per heavy atom. The molecular weight excluding hydrogens is 324 g/mol. The van der Waals surface area contributed by atoms with Gasteiger partial charge in [0.05, 0.1) is 5.69 Å². The Hall–Kier alpha value is -0.540. The molecule has 1 aromatic carbocycles. The summed E-state index contributed by atoms with van der Waals surface area (Å²) < 4.78 is 1.23. The number of anilines is 1. The Balaban J connectivity index is 1.77. The highest BCUT2D eigenvalue weighted by Crippen LogP contribution is 2.33. The minimum Gasteiger partial charge on any atom is -0.365 e. The van der Waals surface area contributed by atoms with E-state index in [0.717, 1.165) is 19.0 Å². The molecule has 2 atom stereocenters. The molecule has 1 heterocycles. The van der Waals surface area contributed by atoms with E-state index in [1.54, 1.807) is 0 Å². The van der Waals surface area contributed by atoms with Crippen LogP contribution in [0.5, 0.6) is 0 Å². The molecule has 2 aliphatic rings. The molecule has 0 spiro atoms. The summed E-state index contributed by atoms with van der Waals surface area (Å²) in [6.07, 6.45) is 8.32. The quantitative estimate of drug-likeness (QED) is 0.857. The summed E-state index contributed by atoms with van der Waals surface area (Å²) >= 11 is 3.74. The standard InChI is InChI=1S/C18H27BrN2/c1-2-15-12-20-17(14-8-4-3-5-9-14)13-21(15)18-11-7-6-10-16(18)19/h6-7,10-11,14-15,17,20H,2-5,8-9,12-13H2,1H3. The molecule has 3 rings (SSSR count). The molecule has 2 unspecified atom stereocenters. The van der Waals surface area contributed by atoms with Crippen molar-refractivity contribution in [2.45, 2.75) is 57.5 Å². The molecule has 1 saturated heterocycles. The maximum atomic E-state index is 3.85. The van der Waals surface area contributed by atoms with Crippen LogP contribution in [-0.2, 0) is 0 Å². The van der Waals surface area contributed by atoms with Crippen molar-refractivity contribution in [3.8, 4) is 0 Å². The highest BCUT2D eigenvalue weighted by atomic mass is 79.9. The highest BCUT2D eigenvalue weighted by Gasteiger charge is 2.32. The SMILES string of the molecule is CCC1CNC(C2CCCCC2)CN1c1ccccc1Br. The van der Waals surface area contributed by atoms with E-state index >= 15 is 0 Å². The number of rotatable bonds is 3. The van der Waals surface area contributed by atoms with E-state index in [9.17, 15) is 0 Å². The maximum Gasteiger partial charge on any atom is 0.0514 e. The summed E-state index contributed by atoms with van der Waals surface area (Å²) in [5.41, 5.74) is 1.37. The Morgan fingerprint density at radius 1 is 1.19 bits per heavy atom. The van der Waals surface area contributed by atoms with Gasteiger partial charge in [-0.25, -0.2) is 0 Å². The van der Waals surface area contributed by atoms with E-state index in [0.29, 0.717) is 12.1 Å². The number of para-hydroxylation sites is 1. The van der Waals surface area contributed by atoms with Gasteiger partial charge >= 0.3 is 0 Å². The minimum atomic E-state index is 0.614. The van der Waals surface area contributed by atoms with Crippen LogP contribution in [-0.4, -0.2) is 25.2 Å². The molecule has 21 heavy (non-hydrogen) atoms. The maximum absolute atomic E-state index is 3.85. The van der Waals surface area contributed by atoms with Gasteiger partial charge in [0.2, 0.25) is 0 Å². The van der Waals surface area contributed by atoms with Crippen molar-refractivity contribution in [3.63, 3.8) is 0 Å². The third kappa shape index (κ3) is 3.45. The topological polar surface area (TPSA) is 15.3 Å². The van der Waals surface area contributed by atoms with E-state index in [2.05, 4.69) is 57.3 Å². The van der Waals surface area contributed by atoms with Crippen LogP contribution in [0.4, 0.5) is 5.69 Å². The van der Waals surface area contributed by atoms with Crippen molar-refractivity contribution in [2.24, 2.45) is 5.92 Å². The fourth-order valence-corrected chi connectivity index (χ4v) is 4.53. The first-order valence-electron chi connectivity index (χ1n) is 8.54. The van der Waals surface area contributed by atoms with Crippen LogP contribution in [0.2, 0.25) is 0 Å². The predicted octanol–water partition coefficient (Wildman–Crippen LogP) is 4.59. The van der Waals surface area contributed by atoms with Crippen molar-refractivity contribution in [3.05, 3.63) is 28.7 Å². The molecule has 1 aromatic rings. The molecule has 1 saturated carbocycles. The Labute approximate surface area is 137 Å². The van der Waals surface area contributed by atoms with Crippen LogP contribution in [0.3, 0.4) is 0 Å². The fourth-order valence-electron chi connectivity index (χ4n) is 4.02. The van der Waals surface area contributed by atoms with Gasteiger partial charge < -0.3 is 10.2 Å². The summed E-state index contributed by atoms with van der Waals surface area (Å²) in [7, 11) is 0. The number of hydrogen-bond acceptors (Lipinski definition) is 2. The number of halogens is 1. The zero-order chi connectivity index (χ0) is 14.7. The Kier molecular flexibility index (Phi) is 5.23. The molecule has 1 aliphatic heterocycles. The second-order valence-electron chi connectivity index (χ2n) is 6.58. The minimum absolute atomic E-state index is 0.614. The van der Waals surface area contributed by atoms with Crippen LogP contribution in [0.25, 0.3) is 0 Å². The van der Waals surface area contributed by atoms with Gasteiger partial charge in [-0.05, 0) is 53.2 Å². The van der Waals surface area contributed by atoms with Crippen molar-refractivity contribution < 1.29 is 0 Å². The van der Waals surface area contributed by atoms with Crippen molar-refractivity contribution >= 4 is 21.6 Å². The van der Waals surface area contributed by atoms with Gasteiger partial charge in [0.15, 0.2) is 0 Å². The normalized spacial score (nSPS) is 27.8. The van der Waals surface area contributed by atoms with Crippen LogP contribution in [0, 0.1) is 5.92 Å². The molecular formula is C18H27BrN2. The average Bonchev–Trinajstić information content (AvgIpc) is 2.55. The van der Waals surface area contributed by atoms with E-state index in [4.69, 9.17) is 0 Å². The Morgan fingerprint density at radius 2 is 1.95 bits per heavy atom. The summed E-state index contributed by atoms with van der Waals surface area (Å²) in [6, 6.07) is 9.97. The predicted molar refractivity (Wildman–Crippen MR) is 93.9 cm³/mol. The fraction of sp³-hybridized carbons (Fsp3) is 0.667. The zero-order valence-corrected chi connectivity index (χ0v) is 14.6. The molecule has 116 valence electrons. The first-order chi connectivity index (χ1) is 10.3. The largest absolute Gasteiger partial charge is 0.365 e. The first-order valence-corrected chi connectivity index (χ1v) is 9.33. The third-order valence-electron chi connectivity index (χ3n) is 5.30. The van der Waals surface area contributed by atoms with E-state index in [-0.39, 0.29) is 0 Å². The molecule has 0 aromatic heterocycles. The number of nitrogens with one attached hydrogen (secondary N) is 1. The third-order valence-corrected chi connectivity index (χ3v) is 5.97. The summed E-state index contributed by atoms with van der Waals surface area (Å²) in [6.45, 7) is 4.59. The molecule has 0 radical (unpaired) electrons. The summed E-state index contributed by atoms with van der Waals surface area (Å²) in [5, 5.41) is 3.85. The van der Waals surface area contributed by atoms with Crippen LogP contribution in [0.15, 0.2) is 28.7 Å². The van der Waals surface area contributed by atoms with Gasteiger partial charge in [0, 0.05) is 29.6 Å². The monoisotopic (exact) mass is 350 g/mol. The lowest BCUT2D eigenvalue weighted by Gasteiger charge is -2.45. The van der Waals surface area contributed by atoms with Crippen LogP contribution < -0.4 is 10.2 Å². The summed E-state index contributed by atoms with van der Waals surface area (Å²) in [5.74, 6) is 0.876. The van der Waals surface area contributed by atoms with Crippen molar-refractivity contribution in [2.75, 3.05) is 18.0 Å². The lowest BCUT2D eigenvalue weighted by atomic mass is 9.82. The van der Waals surface area contributed by atoms with Gasteiger partial charge in [-0.2, -0.15) is 0 Å². The second-order valence-corrected chi connectivity index (χ2v) is 7.43. The highest BCUT2D eigenvalue weighted by molar-refractivity contribution is 9.10. The lowest BCUT2D eigenvalue weighted by Crippen LogP contribution is -2.59. The van der Waals surface area contributed by atoms with E-state index in [1.807, 2.05) is 0 Å². The Bertz CT molecular complexity index is 456.